The number of nitrogens with zero attached hydrogens (tertiary/aromatic N) is 3. The molecule has 0 bridgehead atoms. The Morgan fingerprint density at radius 2 is 1.81 bits per heavy atom. The van der Waals surface area contributed by atoms with Crippen LogP contribution in [0, 0.1) is 0 Å². The van der Waals surface area contributed by atoms with Crippen LogP contribution in [0.4, 0.5) is 5.82 Å². The zero-order valence-corrected chi connectivity index (χ0v) is 19.4. The third-order valence-corrected chi connectivity index (χ3v) is 7.96. The molecule has 0 spiro atoms. The van der Waals surface area contributed by atoms with E-state index in [0.29, 0.717) is 19.1 Å². The van der Waals surface area contributed by atoms with E-state index in [2.05, 4.69) is 15.7 Å². The number of benzene rings is 1. The van der Waals surface area contributed by atoms with Crippen molar-refractivity contribution in [2.45, 2.75) is 63.4 Å². The van der Waals surface area contributed by atoms with Gasteiger partial charge >= 0.3 is 0 Å². The fourth-order valence-corrected chi connectivity index (χ4v) is 5.50. The maximum Gasteiger partial charge on any atom is 0.243 e. The molecule has 1 aromatic heterocycles. The summed E-state index contributed by atoms with van der Waals surface area (Å²) in [6.07, 6.45) is 6.31. The highest BCUT2D eigenvalue weighted by atomic mass is 32.2. The molecule has 1 atom stereocenters. The van der Waals surface area contributed by atoms with E-state index in [0.717, 1.165) is 24.2 Å². The third kappa shape index (κ3) is 5.53. The van der Waals surface area contributed by atoms with Crippen molar-refractivity contribution in [2.24, 2.45) is 0 Å². The van der Waals surface area contributed by atoms with Gasteiger partial charge in [0.15, 0.2) is 0 Å². The minimum atomic E-state index is -3.47. The lowest BCUT2D eigenvalue weighted by atomic mass is 10.1. The molecular weight excluding hydrogens is 414 g/mol. The number of sulfonamides is 1. The first-order chi connectivity index (χ1) is 14.9. The number of hydrogen-bond donors (Lipinski definition) is 2. The molecule has 1 unspecified atom stereocenters. The van der Waals surface area contributed by atoms with Crippen LogP contribution in [0.5, 0.6) is 0 Å². The largest absolute Gasteiger partial charge is 0.310 e. The van der Waals surface area contributed by atoms with Gasteiger partial charge in [-0.1, -0.05) is 38.8 Å². The predicted molar refractivity (Wildman–Crippen MR) is 121 cm³/mol. The van der Waals surface area contributed by atoms with Crippen molar-refractivity contribution >= 4 is 21.7 Å². The minimum Gasteiger partial charge on any atom is -0.310 e. The zero-order chi connectivity index (χ0) is 22.4. The van der Waals surface area contributed by atoms with Crippen LogP contribution in [0.1, 0.15) is 64.1 Å². The molecule has 2 aromatic rings. The third-order valence-electron chi connectivity index (χ3n) is 5.90. The quantitative estimate of drug-likeness (QED) is 0.582. The first-order valence-corrected chi connectivity index (χ1v) is 12.5. The molecule has 1 saturated carbocycles. The average Bonchev–Trinajstić information content (AvgIpc) is 3.44. The molecule has 0 saturated heterocycles. The number of aromatic nitrogens is 2. The van der Waals surface area contributed by atoms with Crippen LogP contribution >= 0.6 is 0 Å². The lowest BCUT2D eigenvalue weighted by molar-refractivity contribution is -0.115. The summed E-state index contributed by atoms with van der Waals surface area (Å²) in [7, 11) is -3.47. The Kier molecular flexibility index (Phi) is 7.85. The fraction of sp³-hybridized carbons (Fsp3) is 0.545. The Hall–Kier alpha value is -2.23. The van der Waals surface area contributed by atoms with Gasteiger partial charge in [-0.25, -0.2) is 13.1 Å². The Bertz CT molecular complexity index is 961. The van der Waals surface area contributed by atoms with Crippen molar-refractivity contribution in [2.75, 3.05) is 25.0 Å². The van der Waals surface area contributed by atoms with Crippen LogP contribution < -0.4 is 10.6 Å². The molecule has 2 N–H and O–H groups in total. The van der Waals surface area contributed by atoms with Gasteiger partial charge in [0.1, 0.15) is 5.82 Å². The molecule has 1 heterocycles. The van der Waals surface area contributed by atoms with Gasteiger partial charge in [-0.15, -0.1) is 0 Å². The van der Waals surface area contributed by atoms with Crippen LogP contribution in [-0.2, 0) is 14.8 Å². The van der Waals surface area contributed by atoms with E-state index >= 15 is 0 Å². The van der Waals surface area contributed by atoms with Crippen molar-refractivity contribution in [3.63, 3.8) is 0 Å². The van der Waals surface area contributed by atoms with Gasteiger partial charge in [-0.3, -0.25) is 4.79 Å². The van der Waals surface area contributed by atoms with Crippen molar-refractivity contribution < 1.29 is 13.2 Å². The number of carbonyl (C=O) groups excluding carboxylic acids is 1. The molecule has 1 fully saturated rings. The summed E-state index contributed by atoms with van der Waals surface area (Å²) < 4.78 is 28.6. The Morgan fingerprint density at radius 3 is 2.42 bits per heavy atom. The van der Waals surface area contributed by atoms with Gasteiger partial charge in [-0.05, 0) is 37.5 Å². The van der Waals surface area contributed by atoms with E-state index in [1.54, 1.807) is 30.5 Å². The molecule has 1 aliphatic carbocycles. The molecule has 0 radical (unpaired) electrons. The summed E-state index contributed by atoms with van der Waals surface area (Å²) in [5.74, 6) is 0.602. The van der Waals surface area contributed by atoms with Gasteiger partial charge in [0.2, 0.25) is 15.9 Å². The van der Waals surface area contributed by atoms with Gasteiger partial charge in [0, 0.05) is 25.2 Å². The first kappa shape index (κ1) is 23.4. The van der Waals surface area contributed by atoms with E-state index in [1.807, 2.05) is 31.5 Å². The normalized spacial score (nSPS) is 16.0. The molecule has 8 nitrogen and oxygen atoms in total. The number of anilines is 1. The number of rotatable bonds is 10. The summed E-state index contributed by atoms with van der Waals surface area (Å²) in [4.78, 5) is 12.7. The highest BCUT2D eigenvalue weighted by Crippen LogP contribution is 2.31. The number of hydrogen-bond acceptors (Lipinski definition) is 5. The standard InChI is InChI=1S/C22H33N5O3S/c1-4-26(5-2)31(29,30)20-12-10-18(11-13-20)17(3)23-16-22(28)25-21-14-15-24-27(21)19-8-6-7-9-19/h10-15,17,19,23H,4-9,16H2,1-3H3,(H,25,28). The summed E-state index contributed by atoms with van der Waals surface area (Å²) in [6, 6.07) is 8.93. The zero-order valence-electron chi connectivity index (χ0n) is 18.5. The monoisotopic (exact) mass is 447 g/mol. The average molecular weight is 448 g/mol. The molecule has 1 amide bonds. The minimum absolute atomic E-state index is 0.101. The summed E-state index contributed by atoms with van der Waals surface area (Å²) in [6.45, 7) is 6.63. The maximum absolute atomic E-state index is 12.6. The lowest BCUT2D eigenvalue weighted by Gasteiger charge is -2.19. The maximum atomic E-state index is 12.6. The second kappa shape index (κ2) is 10.4. The van der Waals surface area contributed by atoms with E-state index in [1.165, 1.54) is 17.1 Å². The van der Waals surface area contributed by atoms with Crippen LogP contribution in [0.2, 0.25) is 0 Å². The summed E-state index contributed by atoms with van der Waals surface area (Å²) in [5, 5.41) is 10.5. The fourth-order valence-electron chi connectivity index (χ4n) is 4.04. The molecule has 3 rings (SSSR count). The number of carbonyl (C=O) groups is 1. The topological polar surface area (TPSA) is 96.3 Å². The second-order valence-corrected chi connectivity index (χ2v) is 9.85. The first-order valence-electron chi connectivity index (χ1n) is 11.0. The summed E-state index contributed by atoms with van der Waals surface area (Å²) in [5.41, 5.74) is 0.919. The van der Waals surface area contributed by atoms with Crippen molar-refractivity contribution in [1.82, 2.24) is 19.4 Å². The van der Waals surface area contributed by atoms with Crippen molar-refractivity contribution in [3.8, 4) is 0 Å². The second-order valence-electron chi connectivity index (χ2n) is 7.91. The van der Waals surface area contributed by atoms with Gasteiger partial charge in [-0.2, -0.15) is 9.40 Å². The molecule has 1 aromatic carbocycles. The Morgan fingerprint density at radius 1 is 1.16 bits per heavy atom. The van der Waals surface area contributed by atoms with Gasteiger partial charge < -0.3 is 10.6 Å². The molecule has 0 aliphatic heterocycles. The predicted octanol–water partition coefficient (Wildman–Crippen LogP) is 3.32. The molecule has 9 heteroatoms. The van der Waals surface area contributed by atoms with Crippen LogP contribution in [0.15, 0.2) is 41.4 Å². The highest BCUT2D eigenvalue weighted by Gasteiger charge is 2.22. The lowest BCUT2D eigenvalue weighted by Crippen LogP contribution is -2.31. The van der Waals surface area contributed by atoms with Crippen LogP contribution in [0.25, 0.3) is 0 Å². The van der Waals surface area contributed by atoms with E-state index < -0.39 is 10.0 Å². The van der Waals surface area contributed by atoms with E-state index in [-0.39, 0.29) is 23.4 Å². The van der Waals surface area contributed by atoms with Crippen LogP contribution in [-0.4, -0.2) is 48.0 Å². The van der Waals surface area contributed by atoms with Gasteiger partial charge in [0.25, 0.3) is 0 Å². The summed E-state index contributed by atoms with van der Waals surface area (Å²) >= 11 is 0. The molecule has 1 aliphatic rings. The Balaban J connectivity index is 1.55. The Labute approximate surface area is 185 Å². The highest BCUT2D eigenvalue weighted by molar-refractivity contribution is 7.89. The van der Waals surface area contributed by atoms with Crippen molar-refractivity contribution in [3.05, 3.63) is 42.1 Å². The number of amides is 1. The molecule has 31 heavy (non-hydrogen) atoms. The van der Waals surface area contributed by atoms with Crippen molar-refractivity contribution in [1.29, 1.82) is 0 Å². The van der Waals surface area contributed by atoms with E-state index in [9.17, 15) is 13.2 Å². The number of nitrogens with one attached hydrogen (secondary N) is 2. The smallest absolute Gasteiger partial charge is 0.243 e. The molecule has 170 valence electrons. The molecular formula is C22H33N5O3S. The van der Waals surface area contributed by atoms with E-state index in [4.69, 9.17) is 0 Å². The van der Waals surface area contributed by atoms with Gasteiger partial charge in [0.05, 0.1) is 23.7 Å². The SMILES string of the molecule is CCN(CC)S(=O)(=O)c1ccc(C(C)NCC(=O)Nc2ccnn2C2CCCC2)cc1. The van der Waals surface area contributed by atoms with Crippen LogP contribution in [0.3, 0.4) is 0 Å².